The number of amides is 1. The molecule has 0 aliphatic rings. The van der Waals surface area contributed by atoms with Gasteiger partial charge in [0.05, 0.1) is 15.9 Å². The van der Waals surface area contributed by atoms with Crippen LogP contribution in [0.2, 0.25) is 0 Å². The highest BCUT2D eigenvalue weighted by Gasteiger charge is 2.21. The van der Waals surface area contributed by atoms with Gasteiger partial charge in [0.1, 0.15) is 0 Å². The Labute approximate surface area is 187 Å². The van der Waals surface area contributed by atoms with E-state index >= 15 is 0 Å². The molecular weight excluding hydrogens is 428 g/mol. The van der Waals surface area contributed by atoms with Crippen molar-refractivity contribution in [1.82, 2.24) is 5.32 Å². The Hall–Kier alpha value is -3.52. The third-order valence-corrected chi connectivity index (χ3v) is 6.19. The molecule has 0 aliphatic carbocycles. The van der Waals surface area contributed by atoms with Crippen LogP contribution in [0, 0.1) is 10.1 Å². The van der Waals surface area contributed by atoms with Gasteiger partial charge in [-0.05, 0) is 36.5 Å². The van der Waals surface area contributed by atoms with Crippen molar-refractivity contribution in [2.45, 2.75) is 30.2 Å². The summed E-state index contributed by atoms with van der Waals surface area (Å²) < 4.78 is 23.9. The molecule has 1 atom stereocenters. The standard InChI is InChI=1S/C24H24N2O5S/c1-32(30,31)22-16-20(15-21(17-22)26(28)29)24(27)25-23(19-12-6-3-7-13-19)14-8-11-18-9-4-2-5-10-18/h2-7,9-10,12-13,15-17,23H,8,11,14H2,1H3,(H,25,27). The number of rotatable bonds is 9. The van der Waals surface area contributed by atoms with Gasteiger partial charge in [0.15, 0.2) is 9.84 Å². The fraction of sp³-hybridized carbons (Fsp3) is 0.208. The quantitative estimate of drug-likeness (QED) is 0.380. The number of non-ortho nitro benzene ring substituents is 1. The molecule has 0 saturated heterocycles. The summed E-state index contributed by atoms with van der Waals surface area (Å²) in [6.07, 6.45) is 3.26. The Bertz CT molecular complexity index is 1200. The molecule has 0 saturated carbocycles. The molecule has 0 heterocycles. The summed E-state index contributed by atoms with van der Waals surface area (Å²) in [5.41, 5.74) is 1.59. The van der Waals surface area contributed by atoms with E-state index in [0.717, 1.165) is 36.8 Å². The van der Waals surface area contributed by atoms with E-state index in [-0.39, 0.29) is 16.5 Å². The van der Waals surface area contributed by atoms with Crippen molar-refractivity contribution in [3.63, 3.8) is 0 Å². The first-order valence-electron chi connectivity index (χ1n) is 10.1. The Kier molecular flexibility index (Phi) is 7.37. The van der Waals surface area contributed by atoms with Gasteiger partial charge in [-0.2, -0.15) is 0 Å². The molecule has 1 N–H and O–H groups in total. The average Bonchev–Trinajstić information content (AvgIpc) is 2.78. The number of nitrogens with zero attached hydrogens (tertiary/aromatic N) is 1. The van der Waals surface area contributed by atoms with Crippen molar-refractivity contribution in [2.24, 2.45) is 0 Å². The molecule has 0 fully saturated rings. The fourth-order valence-electron chi connectivity index (χ4n) is 3.44. The first-order chi connectivity index (χ1) is 15.2. The number of nitro benzene ring substituents is 1. The second-order valence-corrected chi connectivity index (χ2v) is 9.58. The number of carbonyl (C=O) groups excluding carboxylic acids is 1. The minimum Gasteiger partial charge on any atom is -0.345 e. The van der Waals surface area contributed by atoms with Gasteiger partial charge in [-0.3, -0.25) is 14.9 Å². The third-order valence-electron chi connectivity index (χ3n) is 5.10. The molecule has 1 unspecified atom stereocenters. The second kappa shape index (κ2) is 10.2. The second-order valence-electron chi connectivity index (χ2n) is 7.56. The lowest BCUT2D eigenvalue weighted by Gasteiger charge is -2.20. The van der Waals surface area contributed by atoms with Crippen molar-refractivity contribution in [3.05, 3.63) is 106 Å². The fourth-order valence-corrected chi connectivity index (χ4v) is 4.11. The van der Waals surface area contributed by atoms with Gasteiger partial charge in [-0.1, -0.05) is 60.7 Å². The summed E-state index contributed by atoms with van der Waals surface area (Å²) in [7, 11) is -3.72. The van der Waals surface area contributed by atoms with Gasteiger partial charge in [0.25, 0.3) is 11.6 Å². The number of nitro groups is 1. The maximum absolute atomic E-state index is 13.0. The van der Waals surface area contributed by atoms with Crippen LogP contribution in [0.4, 0.5) is 5.69 Å². The van der Waals surface area contributed by atoms with Crippen molar-refractivity contribution in [1.29, 1.82) is 0 Å². The van der Waals surface area contributed by atoms with Crippen LogP contribution in [0.1, 0.15) is 40.4 Å². The van der Waals surface area contributed by atoms with Crippen LogP contribution in [0.5, 0.6) is 0 Å². The predicted octanol–water partition coefficient (Wildman–Crippen LogP) is 4.49. The highest BCUT2D eigenvalue weighted by Crippen LogP contribution is 2.24. The Morgan fingerprint density at radius 2 is 1.62 bits per heavy atom. The van der Waals surface area contributed by atoms with E-state index in [4.69, 9.17) is 0 Å². The molecular formula is C24H24N2O5S. The number of aryl methyl sites for hydroxylation is 1. The first kappa shape index (κ1) is 23.1. The van der Waals surface area contributed by atoms with Crippen LogP contribution in [0.3, 0.4) is 0 Å². The molecule has 0 aromatic heterocycles. The SMILES string of the molecule is CS(=O)(=O)c1cc(C(=O)NC(CCCc2ccccc2)c2ccccc2)cc([N+](=O)[O-])c1. The van der Waals surface area contributed by atoms with Crippen LogP contribution < -0.4 is 5.32 Å². The zero-order valence-electron chi connectivity index (χ0n) is 17.6. The molecule has 8 heteroatoms. The molecule has 1 amide bonds. The summed E-state index contributed by atoms with van der Waals surface area (Å²) in [5, 5.41) is 14.2. The summed E-state index contributed by atoms with van der Waals surface area (Å²) >= 11 is 0. The number of benzene rings is 3. The van der Waals surface area contributed by atoms with Crippen LogP contribution in [0.15, 0.2) is 83.8 Å². The van der Waals surface area contributed by atoms with E-state index < -0.39 is 26.4 Å². The lowest BCUT2D eigenvalue weighted by Crippen LogP contribution is -2.29. The monoisotopic (exact) mass is 452 g/mol. The van der Waals surface area contributed by atoms with Crippen molar-refractivity contribution in [3.8, 4) is 0 Å². The highest BCUT2D eigenvalue weighted by molar-refractivity contribution is 7.90. The summed E-state index contributed by atoms with van der Waals surface area (Å²) in [4.78, 5) is 23.3. The van der Waals surface area contributed by atoms with E-state index in [0.29, 0.717) is 6.42 Å². The lowest BCUT2D eigenvalue weighted by molar-refractivity contribution is -0.385. The van der Waals surface area contributed by atoms with Gasteiger partial charge < -0.3 is 5.32 Å². The van der Waals surface area contributed by atoms with Crippen molar-refractivity contribution >= 4 is 21.4 Å². The summed E-state index contributed by atoms with van der Waals surface area (Å²) in [5.74, 6) is -0.563. The zero-order valence-corrected chi connectivity index (χ0v) is 18.4. The number of hydrogen-bond donors (Lipinski definition) is 1. The third kappa shape index (κ3) is 6.24. The van der Waals surface area contributed by atoms with Crippen LogP contribution in [-0.2, 0) is 16.3 Å². The number of carbonyl (C=O) groups is 1. The van der Waals surface area contributed by atoms with Gasteiger partial charge >= 0.3 is 0 Å². The number of sulfone groups is 1. The van der Waals surface area contributed by atoms with E-state index in [1.807, 2.05) is 60.7 Å². The molecule has 0 aliphatic heterocycles. The van der Waals surface area contributed by atoms with E-state index in [1.165, 1.54) is 11.6 Å². The van der Waals surface area contributed by atoms with Gasteiger partial charge in [-0.15, -0.1) is 0 Å². The number of hydrogen-bond acceptors (Lipinski definition) is 5. The first-order valence-corrected chi connectivity index (χ1v) is 12.0. The molecule has 7 nitrogen and oxygen atoms in total. The molecule has 0 spiro atoms. The molecule has 3 rings (SSSR count). The van der Waals surface area contributed by atoms with E-state index in [2.05, 4.69) is 5.32 Å². The van der Waals surface area contributed by atoms with Crippen molar-refractivity contribution in [2.75, 3.05) is 6.26 Å². The van der Waals surface area contributed by atoms with E-state index in [1.54, 1.807) is 0 Å². The normalized spacial score (nSPS) is 12.2. The topological polar surface area (TPSA) is 106 Å². The average molecular weight is 453 g/mol. The minimum atomic E-state index is -3.72. The van der Waals surface area contributed by atoms with Crippen LogP contribution >= 0.6 is 0 Å². The Morgan fingerprint density at radius 3 is 2.22 bits per heavy atom. The maximum atomic E-state index is 13.0. The molecule has 0 radical (unpaired) electrons. The predicted molar refractivity (Wildman–Crippen MR) is 122 cm³/mol. The van der Waals surface area contributed by atoms with Gasteiger partial charge in [0, 0.05) is 24.0 Å². The molecule has 166 valence electrons. The Balaban J connectivity index is 1.83. The largest absolute Gasteiger partial charge is 0.345 e. The molecule has 32 heavy (non-hydrogen) atoms. The Morgan fingerprint density at radius 1 is 1.00 bits per heavy atom. The van der Waals surface area contributed by atoms with Gasteiger partial charge in [-0.25, -0.2) is 8.42 Å². The van der Waals surface area contributed by atoms with Crippen LogP contribution in [-0.4, -0.2) is 25.5 Å². The zero-order chi connectivity index (χ0) is 23.1. The smallest absolute Gasteiger partial charge is 0.271 e. The van der Waals surface area contributed by atoms with Crippen LogP contribution in [0.25, 0.3) is 0 Å². The lowest BCUT2D eigenvalue weighted by atomic mass is 9.98. The molecule has 0 bridgehead atoms. The summed E-state index contributed by atoms with van der Waals surface area (Å²) in [6.45, 7) is 0. The van der Waals surface area contributed by atoms with Crippen molar-refractivity contribution < 1.29 is 18.1 Å². The summed E-state index contributed by atoms with van der Waals surface area (Å²) in [6, 6.07) is 22.4. The van der Waals surface area contributed by atoms with E-state index in [9.17, 15) is 23.3 Å². The molecule has 3 aromatic carbocycles. The van der Waals surface area contributed by atoms with Gasteiger partial charge in [0.2, 0.25) is 0 Å². The molecule has 3 aromatic rings. The minimum absolute atomic E-state index is 0.0661. The number of nitrogens with one attached hydrogen (secondary N) is 1. The highest BCUT2D eigenvalue weighted by atomic mass is 32.2. The maximum Gasteiger partial charge on any atom is 0.271 e.